The van der Waals surface area contributed by atoms with Crippen LogP contribution in [-0.4, -0.2) is 125 Å². The number of piperazine rings is 1. The molecule has 15 heteroatoms. The number of rotatable bonds is 13. The van der Waals surface area contributed by atoms with Gasteiger partial charge >= 0.3 is 0 Å². The first-order valence-electron chi connectivity index (χ1n) is 14.8. The van der Waals surface area contributed by atoms with Crippen molar-refractivity contribution in [2.75, 3.05) is 72.5 Å². The van der Waals surface area contributed by atoms with Crippen LogP contribution in [-0.2, 0) is 11.3 Å². The van der Waals surface area contributed by atoms with Gasteiger partial charge in [-0.2, -0.15) is 5.10 Å². The van der Waals surface area contributed by atoms with Crippen LogP contribution < -0.4 is 26.9 Å². The SMILES string of the molecule is COc1cnc(-c2cc(CN(C)CCN(C)C)[nH]n2)c2[nH]cc(C(=O)C(=O)N3CCN(C(NN)N(N)c4ccccc4)CC3)c12. The van der Waals surface area contributed by atoms with Gasteiger partial charge in [0, 0.05) is 57.7 Å². The number of hydrogen-bond acceptors (Lipinski definition) is 12. The van der Waals surface area contributed by atoms with Crippen molar-refractivity contribution in [3.63, 3.8) is 0 Å². The maximum atomic E-state index is 13.6. The van der Waals surface area contributed by atoms with Gasteiger partial charge in [-0.05, 0) is 39.3 Å². The van der Waals surface area contributed by atoms with Crippen LogP contribution in [0.5, 0.6) is 5.75 Å². The molecule has 0 radical (unpaired) electrons. The van der Waals surface area contributed by atoms with Crippen molar-refractivity contribution in [1.29, 1.82) is 0 Å². The van der Waals surface area contributed by atoms with Gasteiger partial charge in [-0.1, -0.05) is 18.2 Å². The predicted molar refractivity (Wildman–Crippen MR) is 172 cm³/mol. The zero-order valence-corrected chi connectivity index (χ0v) is 26.2. The molecular formula is C30H42N12O3. The van der Waals surface area contributed by atoms with Crippen LogP contribution in [0.1, 0.15) is 16.1 Å². The van der Waals surface area contributed by atoms with Crippen molar-refractivity contribution in [3.05, 3.63) is 60.0 Å². The Morgan fingerprint density at radius 3 is 2.51 bits per heavy atom. The molecule has 1 amide bonds. The number of para-hydroxylation sites is 1. The number of carbonyl (C=O) groups is 2. The Kier molecular flexibility index (Phi) is 10.1. The molecule has 5 rings (SSSR count). The largest absolute Gasteiger partial charge is 0.494 e. The number of pyridine rings is 1. The molecule has 0 spiro atoms. The normalized spacial score (nSPS) is 14.8. The summed E-state index contributed by atoms with van der Waals surface area (Å²) in [5.74, 6) is 11.4. The highest BCUT2D eigenvalue weighted by Gasteiger charge is 2.33. The van der Waals surface area contributed by atoms with Gasteiger partial charge in [-0.3, -0.25) is 35.3 Å². The molecule has 0 aliphatic carbocycles. The summed E-state index contributed by atoms with van der Waals surface area (Å²) in [5.41, 5.74) is 6.43. The third-order valence-corrected chi connectivity index (χ3v) is 7.99. The van der Waals surface area contributed by atoms with Gasteiger partial charge in [0.05, 0.1) is 35.5 Å². The molecule has 0 saturated carbocycles. The summed E-state index contributed by atoms with van der Waals surface area (Å²) in [6.45, 7) is 4.12. The van der Waals surface area contributed by atoms with E-state index in [2.05, 4.69) is 42.4 Å². The van der Waals surface area contributed by atoms with Crippen LogP contribution in [0.2, 0.25) is 0 Å². The van der Waals surface area contributed by atoms with Gasteiger partial charge < -0.3 is 19.5 Å². The van der Waals surface area contributed by atoms with E-state index in [-0.39, 0.29) is 5.56 Å². The Balaban J connectivity index is 1.30. The summed E-state index contributed by atoms with van der Waals surface area (Å²) in [6, 6.07) is 11.4. The highest BCUT2D eigenvalue weighted by Crippen LogP contribution is 2.34. The second-order valence-electron chi connectivity index (χ2n) is 11.4. The fourth-order valence-corrected chi connectivity index (χ4v) is 5.48. The lowest BCUT2D eigenvalue weighted by atomic mass is 10.1. The van der Waals surface area contributed by atoms with E-state index in [1.54, 1.807) is 11.1 Å². The van der Waals surface area contributed by atoms with Gasteiger partial charge in [0.25, 0.3) is 11.7 Å². The first-order valence-corrected chi connectivity index (χ1v) is 14.8. The van der Waals surface area contributed by atoms with Gasteiger partial charge in [0.1, 0.15) is 17.1 Å². The summed E-state index contributed by atoms with van der Waals surface area (Å²) in [6.07, 6.45) is 2.59. The number of ether oxygens (including phenoxy) is 1. The lowest BCUT2D eigenvalue weighted by molar-refractivity contribution is -0.128. The second-order valence-corrected chi connectivity index (χ2v) is 11.4. The molecule has 45 heavy (non-hydrogen) atoms. The van der Waals surface area contributed by atoms with Crippen LogP contribution in [0, 0.1) is 0 Å². The molecule has 1 aromatic carbocycles. The molecule has 7 N–H and O–H groups in total. The van der Waals surface area contributed by atoms with E-state index >= 15 is 0 Å². The van der Waals surface area contributed by atoms with E-state index in [9.17, 15) is 9.59 Å². The van der Waals surface area contributed by atoms with Crippen molar-refractivity contribution in [3.8, 4) is 17.1 Å². The molecule has 1 atom stereocenters. The molecule has 0 bridgehead atoms. The molecular weight excluding hydrogens is 576 g/mol. The summed E-state index contributed by atoms with van der Waals surface area (Å²) < 4.78 is 5.57. The number of benzene rings is 1. The average molecular weight is 619 g/mol. The lowest BCUT2D eigenvalue weighted by Gasteiger charge is -2.42. The minimum atomic E-state index is -0.631. The number of nitrogens with two attached hydrogens (primary N) is 2. The Hall–Kier alpha value is -4.38. The van der Waals surface area contributed by atoms with Crippen LogP contribution in [0.15, 0.2) is 48.8 Å². The number of nitrogens with zero attached hydrogens (tertiary/aromatic N) is 7. The molecule has 4 heterocycles. The van der Waals surface area contributed by atoms with Crippen molar-refractivity contribution in [2.24, 2.45) is 11.7 Å². The topological polar surface area (TPSA) is 181 Å². The zero-order valence-electron chi connectivity index (χ0n) is 26.2. The molecule has 4 aromatic rings. The first kappa shape index (κ1) is 32.0. The van der Waals surface area contributed by atoms with Crippen molar-refractivity contribution >= 4 is 28.3 Å². The fraction of sp³-hybridized carbons (Fsp3) is 0.400. The summed E-state index contributed by atoms with van der Waals surface area (Å²) >= 11 is 0. The average Bonchev–Trinajstić information content (AvgIpc) is 3.71. The van der Waals surface area contributed by atoms with Crippen LogP contribution >= 0.6 is 0 Å². The van der Waals surface area contributed by atoms with E-state index < -0.39 is 18.0 Å². The minimum absolute atomic E-state index is 0.218. The highest BCUT2D eigenvalue weighted by molar-refractivity contribution is 6.45. The smallest absolute Gasteiger partial charge is 0.295 e. The third-order valence-electron chi connectivity index (χ3n) is 7.99. The number of H-pyrrole nitrogens is 2. The number of amides is 1. The molecule has 240 valence electrons. The number of likely N-dealkylation sites (N-methyl/N-ethyl adjacent to an activating group) is 2. The van der Waals surface area contributed by atoms with E-state index in [1.165, 1.54) is 18.3 Å². The number of anilines is 1. The van der Waals surface area contributed by atoms with Crippen LogP contribution in [0.4, 0.5) is 5.69 Å². The molecule has 15 nitrogen and oxygen atoms in total. The van der Waals surface area contributed by atoms with E-state index in [0.29, 0.717) is 60.8 Å². The number of Topliss-reactive ketones (excluding diaryl/α,β-unsaturated/α-hetero) is 1. The fourth-order valence-electron chi connectivity index (χ4n) is 5.48. The molecule has 1 fully saturated rings. The summed E-state index contributed by atoms with van der Waals surface area (Å²) in [4.78, 5) is 42.8. The number of fused-ring (bicyclic) bond motifs is 1. The lowest BCUT2D eigenvalue weighted by Crippen LogP contribution is -2.65. The van der Waals surface area contributed by atoms with E-state index in [4.69, 9.17) is 16.4 Å². The van der Waals surface area contributed by atoms with E-state index in [0.717, 1.165) is 24.5 Å². The van der Waals surface area contributed by atoms with Crippen LogP contribution in [0.25, 0.3) is 22.3 Å². The summed E-state index contributed by atoms with van der Waals surface area (Å²) in [5, 5.41) is 9.61. The van der Waals surface area contributed by atoms with Gasteiger partial charge in [-0.25, -0.2) is 16.3 Å². The Morgan fingerprint density at radius 2 is 1.84 bits per heavy atom. The van der Waals surface area contributed by atoms with Crippen LogP contribution in [0.3, 0.4) is 0 Å². The summed E-state index contributed by atoms with van der Waals surface area (Å²) in [7, 11) is 7.65. The maximum absolute atomic E-state index is 13.6. The highest BCUT2D eigenvalue weighted by atomic mass is 16.5. The molecule has 1 saturated heterocycles. The number of hydrazine groups is 2. The quantitative estimate of drug-likeness (QED) is 0.0459. The molecule has 1 aliphatic rings. The predicted octanol–water partition coefficient (Wildman–Crippen LogP) is 0.409. The second kappa shape index (κ2) is 14.2. The van der Waals surface area contributed by atoms with E-state index in [1.807, 2.05) is 55.4 Å². The van der Waals surface area contributed by atoms with Crippen molar-refractivity contribution in [1.82, 2.24) is 45.2 Å². The Bertz CT molecular complexity index is 1600. The number of nitrogens with one attached hydrogen (secondary N) is 3. The van der Waals surface area contributed by atoms with Gasteiger partial charge in [0.15, 0.2) is 6.29 Å². The number of aromatic nitrogens is 4. The standard InChI is InChI=1S/C30H42N12O3/c1-38(2)10-11-39(3)19-20-16-23(37-36-20)26-27-25(24(45-4)18-34-26)22(17-33-27)28(43)29(44)40-12-14-41(15-13-40)30(35-31)42(32)21-8-6-5-7-9-21/h5-9,16-18,30,33,35H,10-15,19,31-32H2,1-4H3,(H,36,37). The first-order chi connectivity index (χ1) is 21.7. The molecule has 3 aromatic heterocycles. The van der Waals surface area contributed by atoms with Crippen molar-refractivity contribution in [2.45, 2.75) is 12.8 Å². The number of methoxy groups -OCH3 is 1. The number of carbonyl (C=O) groups excluding carboxylic acids is 2. The Labute approximate surface area is 262 Å². The number of ketones is 1. The number of aromatic amines is 2. The van der Waals surface area contributed by atoms with Crippen molar-refractivity contribution < 1.29 is 14.3 Å². The maximum Gasteiger partial charge on any atom is 0.295 e. The zero-order chi connectivity index (χ0) is 32.1. The minimum Gasteiger partial charge on any atom is -0.494 e. The monoisotopic (exact) mass is 618 g/mol. The number of hydrogen-bond donors (Lipinski definition) is 5. The Morgan fingerprint density at radius 1 is 1.11 bits per heavy atom. The third kappa shape index (κ3) is 6.98. The molecule has 1 unspecified atom stereocenters. The van der Waals surface area contributed by atoms with Gasteiger partial charge in [-0.15, -0.1) is 0 Å². The molecule has 1 aliphatic heterocycles. The van der Waals surface area contributed by atoms with Gasteiger partial charge in [0.2, 0.25) is 0 Å².